The first kappa shape index (κ1) is 15.9. The van der Waals surface area contributed by atoms with Crippen molar-refractivity contribution >= 4 is 11.6 Å². The minimum absolute atomic E-state index is 0.395. The number of aliphatic hydroxyl groups excluding tert-OH is 1. The quantitative estimate of drug-likeness (QED) is 0.821. The molecular weight excluding hydrogens is 301 g/mol. The maximum Gasteiger partial charge on any atom is 0.416 e. The van der Waals surface area contributed by atoms with Crippen LogP contribution in [0.4, 0.5) is 13.2 Å². The molecule has 1 N–H and O–H groups in total. The molecule has 0 aliphatic carbocycles. The van der Waals surface area contributed by atoms with Gasteiger partial charge in [0.15, 0.2) is 0 Å². The molecule has 0 bridgehead atoms. The van der Waals surface area contributed by atoms with Crippen molar-refractivity contribution < 1.29 is 18.3 Å². The van der Waals surface area contributed by atoms with E-state index in [9.17, 15) is 18.3 Å². The van der Waals surface area contributed by atoms with Crippen molar-refractivity contribution in [3.63, 3.8) is 0 Å². The molecule has 112 valence electrons. The summed E-state index contributed by atoms with van der Waals surface area (Å²) in [4.78, 5) is 0. The zero-order chi connectivity index (χ0) is 15.8. The molecule has 0 saturated heterocycles. The number of alkyl halides is 3. The fourth-order valence-electron chi connectivity index (χ4n) is 2.27. The second-order valence-corrected chi connectivity index (χ2v) is 5.41. The standard InChI is InChI=1S/C16H14ClF3O/c1-9-7-11(16(18,19)20)3-5-13(9)15(21)14-6-4-12(17)8-10(14)2/h3-8,15,21H,1-2H3. The first-order valence-electron chi connectivity index (χ1n) is 6.32. The molecular formula is C16H14ClF3O. The average Bonchev–Trinajstić information content (AvgIpc) is 2.36. The van der Waals surface area contributed by atoms with Gasteiger partial charge in [-0.2, -0.15) is 13.2 Å². The highest BCUT2D eigenvalue weighted by atomic mass is 35.5. The van der Waals surface area contributed by atoms with Crippen molar-refractivity contribution in [1.82, 2.24) is 0 Å². The van der Waals surface area contributed by atoms with E-state index in [1.54, 1.807) is 32.0 Å². The number of benzene rings is 2. The van der Waals surface area contributed by atoms with Crippen LogP contribution in [0.1, 0.15) is 33.9 Å². The van der Waals surface area contributed by atoms with E-state index in [-0.39, 0.29) is 0 Å². The first-order valence-corrected chi connectivity index (χ1v) is 6.70. The van der Waals surface area contributed by atoms with E-state index in [0.717, 1.165) is 17.7 Å². The summed E-state index contributed by atoms with van der Waals surface area (Å²) in [6.07, 6.45) is -5.37. The molecule has 21 heavy (non-hydrogen) atoms. The van der Waals surface area contributed by atoms with Gasteiger partial charge in [-0.15, -0.1) is 0 Å². The first-order chi connectivity index (χ1) is 9.70. The third-order valence-corrected chi connectivity index (χ3v) is 3.65. The second kappa shape index (κ2) is 5.70. The number of aryl methyl sites for hydroxylation is 2. The number of halogens is 4. The number of rotatable bonds is 2. The highest BCUT2D eigenvalue weighted by Gasteiger charge is 2.31. The van der Waals surface area contributed by atoms with Crippen molar-refractivity contribution in [2.75, 3.05) is 0 Å². The maximum atomic E-state index is 12.7. The van der Waals surface area contributed by atoms with E-state index >= 15 is 0 Å². The van der Waals surface area contributed by atoms with Gasteiger partial charge in [-0.1, -0.05) is 23.7 Å². The Morgan fingerprint density at radius 2 is 1.48 bits per heavy atom. The van der Waals surface area contributed by atoms with Gasteiger partial charge in [-0.3, -0.25) is 0 Å². The topological polar surface area (TPSA) is 20.2 Å². The molecule has 0 fully saturated rings. The molecule has 2 aromatic rings. The summed E-state index contributed by atoms with van der Waals surface area (Å²) in [7, 11) is 0. The van der Waals surface area contributed by atoms with E-state index < -0.39 is 17.8 Å². The van der Waals surface area contributed by atoms with Crippen molar-refractivity contribution in [2.24, 2.45) is 0 Å². The SMILES string of the molecule is Cc1cc(Cl)ccc1C(O)c1ccc(C(F)(F)F)cc1C. The summed E-state index contributed by atoms with van der Waals surface area (Å²) >= 11 is 5.86. The van der Waals surface area contributed by atoms with Gasteiger partial charge >= 0.3 is 6.18 Å². The van der Waals surface area contributed by atoms with Gasteiger partial charge in [-0.25, -0.2) is 0 Å². The highest BCUT2D eigenvalue weighted by Crippen LogP contribution is 2.34. The molecule has 1 atom stereocenters. The van der Waals surface area contributed by atoms with Crippen molar-refractivity contribution in [1.29, 1.82) is 0 Å². The Hall–Kier alpha value is -1.52. The molecule has 5 heteroatoms. The Morgan fingerprint density at radius 3 is 1.95 bits per heavy atom. The molecule has 0 aromatic heterocycles. The van der Waals surface area contributed by atoms with E-state index in [4.69, 9.17) is 11.6 Å². The van der Waals surface area contributed by atoms with Crippen LogP contribution in [0.5, 0.6) is 0 Å². The third-order valence-electron chi connectivity index (χ3n) is 3.42. The fourth-order valence-corrected chi connectivity index (χ4v) is 2.50. The fraction of sp³-hybridized carbons (Fsp3) is 0.250. The third kappa shape index (κ3) is 3.39. The Kier molecular flexibility index (Phi) is 4.30. The van der Waals surface area contributed by atoms with Crippen LogP contribution >= 0.6 is 11.6 Å². The van der Waals surface area contributed by atoms with Gasteiger partial charge in [-0.05, 0) is 60.4 Å². The van der Waals surface area contributed by atoms with Gasteiger partial charge in [0.2, 0.25) is 0 Å². The molecule has 0 heterocycles. The van der Waals surface area contributed by atoms with E-state index in [1.165, 1.54) is 6.07 Å². The Balaban J connectivity index is 2.42. The molecule has 2 aromatic carbocycles. The lowest BCUT2D eigenvalue weighted by atomic mass is 9.93. The second-order valence-electron chi connectivity index (χ2n) is 4.97. The zero-order valence-corrected chi connectivity index (χ0v) is 12.3. The smallest absolute Gasteiger partial charge is 0.384 e. The van der Waals surface area contributed by atoms with Gasteiger partial charge in [0, 0.05) is 5.02 Å². The summed E-state index contributed by atoms with van der Waals surface area (Å²) in [5.74, 6) is 0. The molecule has 0 spiro atoms. The van der Waals surface area contributed by atoms with Crippen LogP contribution in [-0.2, 0) is 6.18 Å². The minimum atomic E-state index is -4.38. The van der Waals surface area contributed by atoms with Crippen molar-refractivity contribution in [2.45, 2.75) is 26.1 Å². The van der Waals surface area contributed by atoms with Gasteiger partial charge in [0.05, 0.1) is 5.56 Å². The number of aliphatic hydroxyl groups is 1. The van der Waals surface area contributed by atoms with Crippen LogP contribution in [0, 0.1) is 13.8 Å². The number of hydrogen-bond acceptors (Lipinski definition) is 1. The van der Waals surface area contributed by atoms with Crippen LogP contribution in [0.2, 0.25) is 5.02 Å². The predicted molar refractivity (Wildman–Crippen MR) is 76.4 cm³/mol. The van der Waals surface area contributed by atoms with Crippen LogP contribution < -0.4 is 0 Å². The predicted octanol–water partition coefficient (Wildman–Crippen LogP) is 5.06. The molecule has 2 rings (SSSR count). The summed E-state index contributed by atoms with van der Waals surface area (Å²) in [5, 5.41) is 11.0. The zero-order valence-electron chi connectivity index (χ0n) is 11.5. The van der Waals surface area contributed by atoms with Gasteiger partial charge < -0.3 is 5.11 Å². The summed E-state index contributed by atoms with van der Waals surface area (Å²) in [6, 6.07) is 8.38. The normalized spacial score (nSPS) is 13.3. The summed E-state index contributed by atoms with van der Waals surface area (Å²) in [6.45, 7) is 3.35. The van der Waals surface area contributed by atoms with Crippen molar-refractivity contribution in [3.8, 4) is 0 Å². The minimum Gasteiger partial charge on any atom is -0.384 e. The van der Waals surface area contributed by atoms with E-state index in [0.29, 0.717) is 21.7 Å². The Labute approximate surface area is 126 Å². The van der Waals surface area contributed by atoms with E-state index in [1.807, 2.05) is 0 Å². The van der Waals surface area contributed by atoms with Crippen LogP contribution in [0.25, 0.3) is 0 Å². The van der Waals surface area contributed by atoms with Crippen molar-refractivity contribution in [3.05, 3.63) is 69.2 Å². The summed E-state index contributed by atoms with van der Waals surface area (Å²) < 4.78 is 38.0. The molecule has 0 amide bonds. The summed E-state index contributed by atoms with van der Waals surface area (Å²) in [5.41, 5.74) is 1.54. The molecule has 0 aliphatic heterocycles. The maximum absolute atomic E-state index is 12.7. The van der Waals surface area contributed by atoms with Gasteiger partial charge in [0.25, 0.3) is 0 Å². The lowest BCUT2D eigenvalue weighted by Crippen LogP contribution is -2.08. The monoisotopic (exact) mass is 314 g/mol. The van der Waals surface area contributed by atoms with Crippen LogP contribution in [0.3, 0.4) is 0 Å². The molecule has 0 saturated carbocycles. The lowest BCUT2D eigenvalue weighted by Gasteiger charge is -2.18. The Morgan fingerprint density at radius 1 is 0.952 bits per heavy atom. The Bertz CT molecular complexity index is 665. The molecule has 0 radical (unpaired) electrons. The molecule has 1 nitrogen and oxygen atoms in total. The largest absolute Gasteiger partial charge is 0.416 e. The molecule has 1 unspecified atom stereocenters. The number of hydrogen-bond donors (Lipinski definition) is 1. The van der Waals surface area contributed by atoms with Gasteiger partial charge in [0.1, 0.15) is 6.10 Å². The highest BCUT2D eigenvalue weighted by molar-refractivity contribution is 6.30. The van der Waals surface area contributed by atoms with E-state index in [2.05, 4.69) is 0 Å². The van der Waals surface area contributed by atoms with Crippen LogP contribution in [-0.4, -0.2) is 5.11 Å². The molecule has 0 aliphatic rings. The average molecular weight is 315 g/mol. The lowest BCUT2D eigenvalue weighted by molar-refractivity contribution is -0.137. The van der Waals surface area contributed by atoms with Crippen LogP contribution in [0.15, 0.2) is 36.4 Å².